The summed E-state index contributed by atoms with van der Waals surface area (Å²) in [5.74, 6) is 0.512. The summed E-state index contributed by atoms with van der Waals surface area (Å²) < 4.78 is 0. The highest BCUT2D eigenvalue weighted by Gasteiger charge is 2.39. The largest absolute Gasteiger partial charge is 0.378 e. The molecule has 0 radical (unpaired) electrons. The maximum Gasteiger partial charge on any atom is 0.288 e. The molecule has 2 aromatic rings. The monoisotopic (exact) mass is 451 g/mol. The Labute approximate surface area is 192 Å². The number of hydrogen-bond acceptors (Lipinski definition) is 4. The Hall–Kier alpha value is -2.86. The van der Waals surface area contributed by atoms with Gasteiger partial charge in [-0.2, -0.15) is 0 Å². The first kappa shape index (κ1) is 21.0. The van der Waals surface area contributed by atoms with Gasteiger partial charge in [0.15, 0.2) is 0 Å². The van der Waals surface area contributed by atoms with E-state index in [1.165, 1.54) is 12.8 Å². The molecule has 1 aliphatic carbocycles. The summed E-state index contributed by atoms with van der Waals surface area (Å²) in [7, 11) is 0. The molecule has 2 aliphatic heterocycles. The van der Waals surface area contributed by atoms with E-state index in [0.29, 0.717) is 0 Å². The molecular formula is C25H26ClN3O3. The SMILES string of the molecule is O=C(c1ccc2c(c1)C1C=CCC1C(c1ccc(Cl)c([N+](=O)[O-])c1)N2)N1CCCCCC1. The first-order chi connectivity index (χ1) is 15.5. The lowest BCUT2D eigenvalue weighted by molar-refractivity contribution is -0.384. The summed E-state index contributed by atoms with van der Waals surface area (Å²) >= 11 is 6.03. The van der Waals surface area contributed by atoms with Gasteiger partial charge in [-0.3, -0.25) is 14.9 Å². The van der Waals surface area contributed by atoms with E-state index in [1.807, 2.05) is 29.2 Å². The molecule has 1 amide bonds. The third-order valence-corrected chi connectivity index (χ3v) is 7.35. The number of halogens is 1. The van der Waals surface area contributed by atoms with Crippen LogP contribution in [0.25, 0.3) is 0 Å². The average molecular weight is 452 g/mol. The molecule has 3 atom stereocenters. The van der Waals surface area contributed by atoms with Gasteiger partial charge in [0.05, 0.1) is 11.0 Å². The van der Waals surface area contributed by atoms with Gasteiger partial charge in [0.1, 0.15) is 5.02 Å². The number of nitrogens with zero attached hydrogens (tertiary/aromatic N) is 2. The highest BCUT2D eigenvalue weighted by molar-refractivity contribution is 6.32. The third-order valence-electron chi connectivity index (χ3n) is 7.03. The van der Waals surface area contributed by atoms with E-state index < -0.39 is 4.92 Å². The standard InChI is InChI=1S/C25H26ClN3O3/c26-21-10-8-16(15-23(21)29(31)32)24-19-7-5-6-18(19)20-14-17(9-11-22(20)27-24)25(30)28-12-3-1-2-4-13-28/h5-6,8-11,14-15,18-19,24,27H,1-4,7,12-13H2. The number of fused-ring (bicyclic) bond motifs is 3. The van der Waals surface area contributed by atoms with Crippen LogP contribution in [-0.4, -0.2) is 28.8 Å². The van der Waals surface area contributed by atoms with Gasteiger partial charge in [0.2, 0.25) is 0 Å². The molecule has 2 aromatic carbocycles. The van der Waals surface area contributed by atoms with Crippen molar-refractivity contribution in [3.05, 3.63) is 80.4 Å². The van der Waals surface area contributed by atoms with E-state index in [4.69, 9.17) is 11.6 Å². The fraction of sp³-hybridized carbons (Fsp3) is 0.400. The van der Waals surface area contributed by atoms with Crippen molar-refractivity contribution in [2.24, 2.45) is 5.92 Å². The van der Waals surface area contributed by atoms with Crippen molar-refractivity contribution in [2.75, 3.05) is 18.4 Å². The van der Waals surface area contributed by atoms with Crippen LogP contribution in [-0.2, 0) is 0 Å². The van der Waals surface area contributed by atoms with Gasteiger partial charge in [-0.05, 0) is 60.6 Å². The Balaban J connectivity index is 1.46. The zero-order valence-electron chi connectivity index (χ0n) is 17.8. The van der Waals surface area contributed by atoms with Crippen LogP contribution in [0.2, 0.25) is 5.02 Å². The van der Waals surface area contributed by atoms with Crippen LogP contribution in [0.1, 0.15) is 65.5 Å². The summed E-state index contributed by atoms with van der Waals surface area (Å²) in [6, 6.07) is 10.9. The lowest BCUT2D eigenvalue weighted by Gasteiger charge is -2.37. The van der Waals surface area contributed by atoms with E-state index in [0.717, 1.165) is 54.7 Å². The van der Waals surface area contributed by atoms with Crippen LogP contribution in [0.4, 0.5) is 11.4 Å². The number of carbonyl (C=O) groups is 1. The number of anilines is 1. The van der Waals surface area contributed by atoms with Gasteiger partial charge >= 0.3 is 0 Å². The molecule has 1 N–H and O–H groups in total. The topological polar surface area (TPSA) is 75.5 Å². The summed E-state index contributed by atoms with van der Waals surface area (Å²) in [6.45, 7) is 1.66. The van der Waals surface area contributed by atoms with Crippen molar-refractivity contribution in [1.29, 1.82) is 0 Å². The van der Waals surface area contributed by atoms with Crippen molar-refractivity contribution >= 4 is 28.9 Å². The number of rotatable bonds is 3. The molecule has 166 valence electrons. The second-order valence-corrected chi connectivity index (χ2v) is 9.36. The first-order valence-corrected chi connectivity index (χ1v) is 11.7. The first-order valence-electron chi connectivity index (χ1n) is 11.3. The summed E-state index contributed by atoms with van der Waals surface area (Å²) in [6.07, 6.45) is 9.78. The minimum Gasteiger partial charge on any atom is -0.378 e. The van der Waals surface area contributed by atoms with Gasteiger partial charge in [-0.15, -0.1) is 0 Å². The molecule has 0 saturated carbocycles. The maximum absolute atomic E-state index is 13.2. The molecule has 0 bridgehead atoms. The maximum atomic E-state index is 13.2. The second-order valence-electron chi connectivity index (χ2n) is 8.95. The molecule has 2 heterocycles. The van der Waals surface area contributed by atoms with E-state index in [1.54, 1.807) is 12.1 Å². The van der Waals surface area contributed by atoms with Crippen molar-refractivity contribution in [3.63, 3.8) is 0 Å². The number of allylic oxidation sites excluding steroid dienone is 2. The third kappa shape index (κ3) is 3.77. The molecular weight excluding hydrogens is 426 g/mol. The zero-order valence-corrected chi connectivity index (χ0v) is 18.6. The molecule has 0 aromatic heterocycles. The van der Waals surface area contributed by atoms with E-state index >= 15 is 0 Å². The summed E-state index contributed by atoms with van der Waals surface area (Å²) in [4.78, 5) is 26.1. The number of carbonyl (C=O) groups excluding carboxylic acids is 1. The van der Waals surface area contributed by atoms with Crippen LogP contribution in [0, 0.1) is 16.0 Å². The van der Waals surface area contributed by atoms with Gasteiger partial charge < -0.3 is 10.2 Å². The van der Waals surface area contributed by atoms with Crippen LogP contribution in [0.3, 0.4) is 0 Å². The van der Waals surface area contributed by atoms with Gasteiger partial charge in [0.25, 0.3) is 11.6 Å². The number of benzene rings is 2. The number of amides is 1. The van der Waals surface area contributed by atoms with E-state index in [9.17, 15) is 14.9 Å². The molecule has 32 heavy (non-hydrogen) atoms. The Morgan fingerprint density at radius 2 is 1.88 bits per heavy atom. The predicted octanol–water partition coefficient (Wildman–Crippen LogP) is 6.09. The lowest BCUT2D eigenvalue weighted by Crippen LogP contribution is -2.33. The van der Waals surface area contributed by atoms with E-state index in [2.05, 4.69) is 17.5 Å². The van der Waals surface area contributed by atoms with Gasteiger partial charge in [0, 0.05) is 36.3 Å². The Morgan fingerprint density at radius 3 is 2.62 bits per heavy atom. The molecule has 0 spiro atoms. The Kier molecular flexibility index (Phi) is 5.64. The van der Waals surface area contributed by atoms with Crippen LogP contribution < -0.4 is 5.32 Å². The quantitative estimate of drug-likeness (QED) is 0.348. The number of likely N-dealkylation sites (tertiary alicyclic amines) is 1. The van der Waals surface area contributed by atoms with Crippen LogP contribution >= 0.6 is 11.6 Å². The lowest BCUT2D eigenvalue weighted by atomic mass is 9.76. The highest BCUT2D eigenvalue weighted by atomic mass is 35.5. The number of nitro groups is 1. The van der Waals surface area contributed by atoms with Crippen LogP contribution in [0.15, 0.2) is 48.6 Å². The minimum atomic E-state index is -0.437. The zero-order chi connectivity index (χ0) is 22.2. The van der Waals surface area contributed by atoms with Crippen molar-refractivity contribution < 1.29 is 9.72 Å². The second kappa shape index (κ2) is 8.58. The minimum absolute atomic E-state index is 0.0642. The van der Waals surface area contributed by atoms with Gasteiger partial charge in [-0.1, -0.05) is 42.7 Å². The predicted molar refractivity (Wildman–Crippen MR) is 125 cm³/mol. The summed E-state index contributed by atoms with van der Waals surface area (Å²) in [5.41, 5.74) is 3.64. The molecule has 3 unspecified atom stereocenters. The molecule has 7 heteroatoms. The molecule has 1 saturated heterocycles. The fourth-order valence-corrected chi connectivity index (χ4v) is 5.56. The smallest absolute Gasteiger partial charge is 0.288 e. The van der Waals surface area contributed by atoms with Crippen molar-refractivity contribution in [2.45, 2.75) is 44.1 Å². The molecule has 5 rings (SSSR count). The Morgan fingerprint density at radius 1 is 1.09 bits per heavy atom. The fourth-order valence-electron chi connectivity index (χ4n) is 5.38. The summed E-state index contributed by atoms with van der Waals surface area (Å²) in [5, 5.41) is 15.1. The highest BCUT2D eigenvalue weighted by Crippen LogP contribution is 2.50. The number of nitro benzene ring substituents is 1. The average Bonchev–Trinajstić information content (AvgIpc) is 3.13. The Bertz CT molecular complexity index is 1090. The van der Waals surface area contributed by atoms with Gasteiger partial charge in [-0.25, -0.2) is 0 Å². The van der Waals surface area contributed by atoms with Crippen LogP contribution in [0.5, 0.6) is 0 Å². The number of hydrogen-bond donors (Lipinski definition) is 1. The van der Waals surface area contributed by atoms with E-state index in [-0.39, 0.29) is 34.5 Å². The van der Waals surface area contributed by atoms with Crippen molar-refractivity contribution in [3.8, 4) is 0 Å². The normalized spacial score (nSPS) is 24.3. The molecule has 3 aliphatic rings. The molecule has 6 nitrogen and oxygen atoms in total. The molecule has 1 fully saturated rings. The van der Waals surface area contributed by atoms with Crippen molar-refractivity contribution in [1.82, 2.24) is 4.90 Å². The number of nitrogens with one attached hydrogen (secondary N) is 1.